The first-order chi connectivity index (χ1) is 25.2. The third kappa shape index (κ3) is 8.04. The van der Waals surface area contributed by atoms with Gasteiger partial charge in [0.2, 0.25) is 5.91 Å². The number of nitrogens with zero attached hydrogens (tertiary/aromatic N) is 4. The number of benzene rings is 2. The zero-order valence-electron chi connectivity index (χ0n) is 30.4. The molecule has 52 heavy (non-hydrogen) atoms. The van der Waals surface area contributed by atoms with Crippen LogP contribution in [0.25, 0.3) is 22.4 Å². The van der Waals surface area contributed by atoms with Gasteiger partial charge in [-0.25, -0.2) is 14.8 Å². The Morgan fingerprint density at radius 1 is 1.00 bits per heavy atom. The van der Waals surface area contributed by atoms with Crippen LogP contribution in [0.4, 0.5) is 16.3 Å². The lowest BCUT2D eigenvalue weighted by atomic mass is 10.0. The zero-order valence-corrected chi connectivity index (χ0v) is 30.4. The summed E-state index contributed by atoms with van der Waals surface area (Å²) < 4.78 is 10.8. The van der Waals surface area contributed by atoms with Gasteiger partial charge >= 0.3 is 6.09 Å². The first kappa shape index (κ1) is 36.4. The van der Waals surface area contributed by atoms with Crippen LogP contribution in [0.5, 0.6) is 5.75 Å². The highest BCUT2D eigenvalue weighted by molar-refractivity contribution is 6.04. The molecule has 0 saturated carbocycles. The van der Waals surface area contributed by atoms with Crippen molar-refractivity contribution in [2.45, 2.75) is 58.7 Å². The summed E-state index contributed by atoms with van der Waals surface area (Å²) in [7, 11) is 1.29. The molecule has 2 aliphatic heterocycles. The predicted molar refractivity (Wildman–Crippen MR) is 200 cm³/mol. The van der Waals surface area contributed by atoms with Crippen LogP contribution in [0.3, 0.4) is 0 Å². The van der Waals surface area contributed by atoms with Crippen LogP contribution in [0.15, 0.2) is 67.0 Å². The minimum atomic E-state index is -0.691. The maximum absolute atomic E-state index is 13.5. The summed E-state index contributed by atoms with van der Waals surface area (Å²) in [5.74, 6) is 1.74. The molecule has 4 heterocycles. The molecule has 2 aliphatic rings. The van der Waals surface area contributed by atoms with Crippen LogP contribution in [0.1, 0.15) is 62.8 Å². The van der Waals surface area contributed by atoms with Crippen molar-refractivity contribution in [3.8, 4) is 28.1 Å². The second-order valence-corrected chi connectivity index (χ2v) is 13.6. The summed E-state index contributed by atoms with van der Waals surface area (Å²) in [4.78, 5) is 55.3. The number of ether oxygens (including phenoxy) is 2. The normalized spacial score (nSPS) is 17.9. The molecule has 6 rings (SSSR count). The van der Waals surface area contributed by atoms with Gasteiger partial charge in [-0.1, -0.05) is 38.1 Å². The number of rotatable bonds is 11. The molecule has 13 nitrogen and oxygen atoms in total. The minimum Gasteiger partial charge on any atom is -0.493 e. The third-order valence-electron chi connectivity index (χ3n) is 9.69. The fraction of sp³-hybridized carbons (Fsp3) is 0.410. The molecule has 2 saturated heterocycles. The van der Waals surface area contributed by atoms with Crippen LogP contribution in [0, 0.1) is 5.92 Å². The number of aromatic amines is 1. The molecule has 2 unspecified atom stereocenters. The van der Waals surface area contributed by atoms with Crippen LogP contribution in [-0.4, -0.2) is 89.7 Å². The second-order valence-electron chi connectivity index (χ2n) is 13.6. The number of carbonyl (C=O) groups is 3. The van der Waals surface area contributed by atoms with Crippen LogP contribution in [-0.2, 0) is 9.53 Å². The second kappa shape index (κ2) is 16.3. The number of piperazine rings is 1. The van der Waals surface area contributed by atoms with Gasteiger partial charge in [0, 0.05) is 55.7 Å². The Morgan fingerprint density at radius 3 is 2.48 bits per heavy atom. The summed E-state index contributed by atoms with van der Waals surface area (Å²) in [6.45, 7) is 11.6. The number of H-pyrrole nitrogens is 1. The number of hydrogen-bond acceptors (Lipinski definition) is 9. The quantitative estimate of drug-likeness (QED) is 0.155. The minimum absolute atomic E-state index is 0.107. The molecule has 0 aliphatic carbocycles. The lowest BCUT2D eigenvalue weighted by molar-refractivity contribution is -0.135. The smallest absolute Gasteiger partial charge is 0.407 e. The van der Waals surface area contributed by atoms with E-state index >= 15 is 0 Å². The van der Waals surface area contributed by atoms with Crippen LogP contribution >= 0.6 is 0 Å². The molecular formula is C39H48N8O5. The molecule has 0 spiro atoms. The Morgan fingerprint density at radius 2 is 1.79 bits per heavy atom. The summed E-state index contributed by atoms with van der Waals surface area (Å²) in [5, 5.41) is 9.06. The van der Waals surface area contributed by atoms with Crippen molar-refractivity contribution < 1.29 is 23.9 Å². The number of aromatic nitrogens is 3. The number of likely N-dealkylation sites (tertiary alicyclic amines) is 1. The fourth-order valence-corrected chi connectivity index (χ4v) is 6.86. The van der Waals surface area contributed by atoms with E-state index in [2.05, 4.69) is 42.7 Å². The van der Waals surface area contributed by atoms with E-state index in [1.165, 1.54) is 7.11 Å². The average molecular weight is 709 g/mol. The zero-order chi connectivity index (χ0) is 36.8. The highest BCUT2D eigenvalue weighted by Gasteiger charge is 2.37. The SMILES string of the molecule is CCOc1cc(NC(=O)c2ccc(N3CCNCC3C)nc2)ccc1-c1ccc(-c2cnc(C3CCCN3C(=O)[C@@H](NC(=O)OC)C(C)C)[nH]2)cc1. The largest absolute Gasteiger partial charge is 0.493 e. The lowest BCUT2D eigenvalue weighted by Crippen LogP contribution is -2.51. The molecule has 3 atom stereocenters. The molecule has 4 N–H and O–H groups in total. The number of hydrogen-bond donors (Lipinski definition) is 4. The number of imidazole rings is 1. The van der Waals surface area contributed by atoms with E-state index in [0.29, 0.717) is 42.0 Å². The van der Waals surface area contributed by atoms with Crippen molar-refractivity contribution in [3.05, 3.63) is 78.4 Å². The first-order valence-corrected chi connectivity index (χ1v) is 18.0. The monoisotopic (exact) mass is 708 g/mol. The van der Waals surface area contributed by atoms with Crippen molar-refractivity contribution >= 4 is 29.4 Å². The lowest BCUT2D eigenvalue weighted by Gasteiger charge is -2.34. The fourth-order valence-electron chi connectivity index (χ4n) is 6.86. The number of methoxy groups -OCH3 is 1. The highest BCUT2D eigenvalue weighted by Crippen LogP contribution is 2.36. The van der Waals surface area contributed by atoms with E-state index in [-0.39, 0.29) is 23.8 Å². The van der Waals surface area contributed by atoms with Crippen molar-refractivity contribution in [1.29, 1.82) is 0 Å². The molecule has 4 aromatic rings. The van der Waals surface area contributed by atoms with Crippen LogP contribution < -0.4 is 25.6 Å². The summed E-state index contributed by atoms with van der Waals surface area (Å²) >= 11 is 0. The third-order valence-corrected chi connectivity index (χ3v) is 9.69. The number of alkyl carbamates (subject to hydrolysis) is 1. The van der Waals surface area contributed by atoms with Gasteiger partial charge in [0.25, 0.3) is 5.91 Å². The highest BCUT2D eigenvalue weighted by atomic mass is 16.5. The topological polar surface area (TPSA) is 154 Å². The van der Waals surface area contributed by atoms with Crippen molar-refractivity contribution in [2.75, 3.05) is 50.1 Å². The van der Waals surface area contributed by atoms with Crippen molar-refractivity contribution in [1.82, 2.24) is 30.5 Å². The number of amides is 3. The molecule has 0 radical (unpaired) electrons. The molecule has 2 fully saturated rings. The summed E-state index contributed by atoms with van der Waals surface area (Å²) in [6, 6.07) is 16.9. The number of nitrogens with one attached hydrogen (secondary N) is 4. The van der Waals surface area contributed by atoms with Gasteiger partial charge in [-0.2, -0.15) is 0 Å². The molecular weight excluding hydrogens is 660 g/mol. The van der Waals surface area contributed by atoms with E-state index in [0.717, 1.165) is 60.7 Å². The molecule has 13 heteroatoms. The van der Waals surface area contributed by atoms with Gasteiger partial charge in [0.15, 0.2) is 0 Å². The molecule has 2 aromatic carbocycles. The van der Waals surface area contributed by atoms with E-state index in [1.54, 1.807) is 17.3 Å². The Hall–Kier alpha value is -5.43. The Labute approximate surface area is 304 Å². The Kier molecular flexibility index (Phi) is 11.4. The van der Waals surface area contributed by atoms with E-state index in [4.69, 9.17) is 9.47 Å². The van der Waals surface area contributed by atoms with Crippen LogP contribution in [0.2, 0.25) is 0 Å². The van der Waals surface area contributed by atoms with E-state index in [9.17, 15) is 14.4 Å². The predicted octanol–water partition coefficient (Wildman–Crippen LogP) is 5.63. The standard InChI is InChI=1S/C39H48N8O5/c1-6-52-33-20-29(43-37(48)28-13-16-34(41-22-28)46-19-17-40-21-25(46)4)14-15-30(33)26-9-11-27(12-10-26)31-23-42-36(44-31)32-8-7-18-47(32)38(49)35(24(2)3)45-39(50)51-5/h9-16,20,22-25,32,35,40H,6-8,17-19,21H2,1-5H3,(H,42,44)(H,43,48)(H,45,50)/t25?,32?,35-/m0/s1. The van der Waals surface area contributed by atoms with Crippen molar-refractivity contribution in [3.63, 3.8) is 0 Å². The first-order valence-electron chi connectivity index (χ1n) is 18.0. The maximum Gasteiger partial charge on any atom is 0.407 e. The maximum atomic E-state index is 13.5. The number of carbonyl (C=O) groups excluding carboxylic acids is 3. The van der Waals surface area contributed by atoms with Crippen molar-refractivity contribution in [2.24, 2.45) is 5.92 Å². The number of pyridine rings is 1. The average Bonchev–Trinajstić information content (AvgIpc) is 3.85. The summed E-state index contributed by atoms with van der Waals surface area (Å²) in [6.07, 6.45) is 4.40. The summed E-state index contributed by atoms with van der Waals surface area (Å²) in [5.41, 5.74) is 4.73. The van der Waals surface area contributed by atoms with Gasteiger partial charge in [-0.15, -0.1) is 0 Å². The van der Waals surface area contributed by atoms with E-state index < -0.39 is 12.1 Å². The molecule has 2 aromatic heterocycles. The van der Waals surface area contributed by atoms with Gasteiger partial charge in [0.1, 0.15) is 23.4 Å². The van der Waals surface area contributed by atoms with Gasteiger partial charge in [-0.05, 0) is 68.0 Å². The Bertz CT molecular complexity index is 1860. The Balaban J connectivity index is 1.13. The molecule has 274 valence electrons. The number of anilines is 2. The molecule has 0 bridgehead atoms. The van der Waals surface area contributed by atoms with E-state index in [1.807, 2.05) is 75.4 Å². The van der Waals surface area contributed by atoms with Gasteiger partial charge < -0.3 is 40.2 Å². The van der Waals surface area contributed by atoms with Gasteiger partial charge in [-0.3, -0.25) is 9.59 Å². The van der Waals surface area contributed by atoms with Gasteiger partial charge in [0.05, 0.1) is 37.2 Å². The molecule has 3 amide bonds.